The van der Waals surface area contributed by atoms with Crippen molar-refractivity contribution in [2.24, 2.45) is 0 Å². The smallest absolute Gasteiger partial charge is 0.257 e. The van der Waals surface area contributed by atoms with Gasteiger partial charge in [-0.3, -0.25) is 19.3 Å². The molecule has 0 saturated heterocycles. The van der Waals surface area contributed by atoms with Gasteiger partial charge in [0, 0.05) is 18.9 Å². The van der Waals surface area contributed by atoms with E-state index in [1.54, 1.807) is 0 Å². The van der Waals surface area contributed by atoms with E-state index in [4.69, 9.17) is 11.2 Å². The first kappa shape index (κ1) is 19.8. The molecule has 0 unspecified atom stereocenters. The molecule has 132 valence electrons. The van der Waals surface area contributed by atoms with E-state index in [0.29, 0.717) is 31.4 Å². The Balaban J connectivity index is 2.90. The number of hydrogen-bond acceptors (Lipinski definition) is 4. The van der Waals surface area contributed by atoms with E-state index in [2.05, 4.69) is 11.2 Å². The van der Waals surface area contributed by atoms with Gasteiger partial charge in [0.2, 0.25) is 5.91 Å². The van der Waals surface area contributed by atoms with Gasteiger partial charge in [-0.05, 0) is 12.8 Å². The Hall–Kier alpha value is -2.29. The van der Waals surface area contributed by atoms with Crippen molar-refractivity contribution in [3.05, 3.63) is 11.8 Å². The molecule has 0 spiro atoms. The number of carbonyl (C=O) groups excluding carboxylic acids is 3. The number of hydrogen-bond donors (Lipinski definition) is 1. The minimum atomic E-state index is -0.729. The standard InChI is InChI=1S/C18H26N2O4/c1-5-8-11-16(21)19-13(9-6-2)18(23)20-14(10-7-3)15(24-4)12-17(20)22/h1,12-14H,6-11H2,2-4H3,(H,19,21)/t13-,14+/m0/s1. The molecule has 3 amide bonds. The van der Waals surface area contributed by atoms with E-state index >= 15 is 0 Å². The van der Waals surface area contributed by atoms with Gasteiger partial charge in [-0.2, -0.15) is 0 Å². The number of rotatable bonds is 9. The van der Waals surface area contributed by atoms with Gasteiger partial charge in [0.1, 0.15) is 11.8 Å². The van der Waals surface area contributed by atoms with Crippen LogP contribution in [-0.2, 0) is 19.1 Å². The highest BCUT2D eigenvalue weighted by atomic mass is 16.5. The minimum absolute atomic E-state index is 0.165. The predicted octanol–water partition coefficient (Wildman–Crippen LogP) is 1.75. The van der Waals surface area contributed by atoms with E-state index in [1.807, 2.05) is 13.8 Å². The second-order valence-corrected chi connectivity index (χ2v) is 5.71. The topological polar surface area (TPSA) is 75.7 Å². The lowest BCUT2D eigenvalue weighted by molar-refractivity contribution is -0.146. The molecule has 2 atom stereocenters. The third-order valence-electron chi connectivity index (χ3n) is 3.89. The van der Waals surface area contributed by atoms with Gasteiger partial charge in [-0.25, -0.2) is 0 Å². The summed E-state index contributed by atoms with van der Waals surface area (Å²) in [6.45, 7) is 3.89. The van der Waals surface area contributed by atoms with Crippen molar-refractivity contribution in [3.63, 3.8) is 0 Å². The Morgan fingerprint density at radius 1 is 1.42 bits per heavy atom. The molecule has 1 rings (SSSR count). The van der Waals surface area contributed by atoms with Gasteiger partial charge in [-0.1, -0.05) is 26.7 Å². The van der Waals surface area contributed by atoms with Crippen molar-refractivity contribution in [1.82, 2.24) is 10.2 Å². The largest absolute Gasteiger partial charge is 0.499 e. The molecule has 6 nitrogen and oxygen atoms in total. The lowest BCUT2D eigenvalue weighted by atomic mass is 10.1. The predicted molar refractivity (Wildman–Crippen MR) is 90.5 cm³/mol. The van der Waals surface area contributed by atoms with Gasteiger partial charge in [0.05, 0.1) is 13.2 Å². The van der Waals surface area contributed by atoms with Crippen molar-refractivity contribution in [2.45, 2.75) is 64.5 Å². The van der Waals surface area contributed by atoms with Crippen LogP contribution in [0, 0.1) is 12.3 Å². The zero-order valence-electron chi connectivity index (χ0n) is 14.6. The van der Waals surface area contributed by atoms with Crippen LogP contribution in [0.3, 0.4) is 0 Å². The molecule has 0 aromatic rings. The van der Waals surface area contributed by atoms with Crippen LogP contribution in [0.25, 0.3) is 0 Å². The molecular weight excluding hydrogens is 308 g/mol. The third-order valence-corrected chi connectivity index (χ3v) is 3.89. The van der Waals surface area contributed by atoms with E-state index in [-0.39, 0.29) is 12.3 Å². The number of amides is 3. The molecule has 1 N–H and O–H groups in total. The van der Waals surface area contributed by atoms with Gasteiger partial charge >= 0.3 is 0 Å². The Labute approximate surface area is 143 Å². The van der Waals surface area contributed by atoms with Crippen molar-refractivity contribution >= 4 is 17.7 Å². The fourth-order valence-electron chi connectivity index (χ4n) is 2.74. The van der Waals surface area contributed by atoms with Crippen LogP contribution in [0.15, 0.2) is 11.8 Å². The maximum absolute atomic E-state index is 12.9. The Kier molecular flexibility index (Phi) is 8.03. The number of ether oxygens (including phenoxy) is 1. The molecule has 1 aliphatic heterocycles. The molecule has 0 aromatic carbocycles. The highest BCUT2D eigenvalue weighted by molar-refractivity contribution is 6.06. The van der Waals surface area contributed by atoms with Crippen LogP contribution in [-0.4, -0.2) is 41.8 Å². The normalized spacial score (nSPS) is 17.9. The first-order chi connectivity index (χ1) is 11.5. The number of terminal acetylenes is 1. The van der Waals surface area contributed by atoms with E-state index in [1.165, 1.54) is 18.1 Å². The second-order valence-electron chi connectivity index (χ2n) is 5.71. The molecule has 0 bridgehead atoms. The molecule has 0 aliphatic carbocycles. The fraction of sp³-hybridized carbons (Fsp3) is 0.611. The molecule has 0 radical (unpaired) electrons. The van der Waals surface area contributed by atoms with Crippen molar-refractivity contribution in [1.29, 1.82) is 0 Å². The van der Waals surface area contributed by atoms with Crippen LogP contribution >= 0.6 is 0 Å². The maximum atomic E-state index is 12.9. The molecule has 0 aromatic heterocycles. The van der Waals surface area contributed by atoms with E-state index in [0.717, 1.165) is 6.42 Å². The summed E-state index contributed by atoms with van der Waals surface area (Å²) in [5.41, 5.74) is 0. The van der Waals surface area contributed by atoms with Crippen molar-refractivity contribution in [2.75, 3.05) is 7.11 Å². The van der Waals surface area contributed by atoms with E-state index in [9.17, 15) is 14.4 Å². The Morgan fingerprint density at radius 3 is 2.67 bits per heavy atom. The molecule has 1 heterocycles. The third kappa shape index (κ3) is 4.85. The first-order valence-corrected chi connectivity index (χ1v) is 8.35. The number of carbonyl (C=O) groups is 3. The minimum Gasteiger partial charge on any atom is -0.499 e. The molecule has 1 aliphatic rings. The molecule has 0 fully saturated rings. The summed E-state index contributed by atoms with van der Waals surface area (Å²) in [5.74, 6) is 1.82. The van der Waals surface area contributed by atoms with Crippen molar-refractivity contribution in [3.8, 4) is 12.3 Å². The summed E-state index contributed by atoms with van der Waals surface area (Å²) < 4.78 is 5.24. The average molecular weight is 334 g/mol. The number of nitrogens with zero attached hydrogens (tertiary/aromatic N) is 1. The zero-order valence-corrected chi connectivity index (χ0v) is 14.6. The zero-order chi connectivity index (χ0) is 18.1. The summed E-state index contributed by atoms with van der Waals surface area (Å²) in [7, 11) is 1.49. The summed E-state index contributed by atoms with van der Waals surface area (Å²) >= 11 is 0. The lowest BCUT2D eigenvalue weighted by Crippen LogP contribution is -2.52. The van der Waals surface area contributed by atoms with Crippen LogP contribution in [0.4, 0.5) is 0 Å². The summed E-state index contributed by atoms with van der Waals surface area (Å²) in [6.07, 6.45) is 9.58. The van der Waals surface area contributed by atoms with Crippen LogP contribution < -0.4 is 5.32 Å². The van der Waals surface area contributed by atoms with Gasteiger partial charge in [0.25, 0.3) is 11.8 Å². The van der Waals surface area contributed by atoms with Crippen LogP contribution in [0.2, 0.25) is 0 Å². The van der Waals surface area contributed by atoms with Gasteiger partial charge in [0.15, 0.2) is 0 Å². The molecular formula is C18H26N2O4. The highest BCUT2D eigenvalue weighted by Gasteiger charge is 2.40. The van der Waals surface area contributed by atoms with E-state index < -0.39 is 23.9 Å². The molecule has 24 heavy (non-hydrogen) atoms. The Morgan fingerprint density at radius 2 is 2.12 bits per heavy atom. The Bertz CT molecular complexity index is 548. The number of nitrogens with one attached hydrogen (secondary N) is 1. The van der Waals surface area contributed by atoms with Crippen LogP contribution in [0.5, 0.6) is 0 Å². The number of imide groups is 1. The molecule has 0 saturated carbocycles. The monoisotopic (exact) mass is 334 g/mol. The summed E-state index contributed by atoms with van der Waals surface area (Å²) in [5, 5.41) is 2.70. The van der Waals surface area contributed by atoms with Crippen LogP contribution in [0.1, 0.15) is 52.4 Å². The van der Waals surface area contributed by atoms with Gasteiger partial charge < -0.3 is 10.1 Å². The maximum Gasteiger partial charge on any atom is 0.257 e. The summed E-state index contributed by atoms with van der Waals surface area (Å²) in [4.78, 5) is 38.2. The average Bonchev–Trinajstić information content (AvgIpc) is 2.87. The van der Waals surface area contributed by atoms with Gasteiger partial charge in [-0.15, -0.1) is 12.3 Å². The summed E-state index contributed by atoms with van der Waals surface area (Å²) in [6, 6.07) is -1.13. The quantitative estimate of drug-likeness (QED) is 0.652. The first-order valence-electron chi connectivity index (χ1n) is 8.35. The highest BCUT2D eigenvalue weighted by Crippen LogP contribution is 2.25. The molecule has 6 heteroatoms. The SMILES string of the molecule is C#CCCC(=O)N[C@@H](CCC)C(=O)N1C(=O)C=C(OC)[C@H]1CCC. The fourth-order valence-corrected chi connectivity index (χ4v) is 2.74. The lowest BCUT2D eigenvalue weighted by Gasteiger charge is -2.28. The second kappa shape index (κ2) is 9.76. The van der Waals surface area contributed by atoms with Crippen molar-refractivity contribution < 1.29 is 19.1 Å². The number of methoxy groups -OCH3 is 1.